The number of nitrogens with zero attached hydrogens (tertiary/aromatic N) is 1. The zero-order valence-corrected chi connectivity index (χ0v) is 12.5. The van der Waals surface area contributed by atoms with Gasteiger partial charge in [-0.05, 0) is 49.3 Å². The highest BCUT2D eigenvalue weighted by Gasteiger charge is 2.15. The third-order valence-electron chi connectivity index (χ3n) is 3.65. The Bertz CT molecular complexity index is 642. The summed E-state index contributed by atoms with van der Waals surface area (Å²) in [5, 5.41) is 3.37. The monoisotopic (exact) mass is 307 g/mol. The zero-order chi connectivity index (χ0) is 14.7. The molecule has 0 bridgehead atoms. The van der Waals surface area contributed by atoms with Gasteiger partial charge in [0.1, 0.15) is 5.82 Å². The summed E-state index contributed by atoms with van der Waals surface area (Å²) in [6.07, 6.45) is 1.12. The predicted octanol–water partition coefficient (Wildman–Crippen LogP) is 2.04. The molecular weight excluding hydrogens is 289 g/mol. The van der Waals surface area contributed by atoms with E-state index >= 15 is 0 Å². The van der Waals surface area contributed by atoms with Gasteiger partial charge in [-0.3, -0.25) is 9.69 Å². The molecule has 0 radical (unpaired) electrons. The average molecular weight is 307 g/mol. The minimum atomic E-state index is -0.267. The van der Waals surface area contributed by atoms with Gasteiger partial charge < -0.3 is 10.3 Å². The van der Waals surface area contributed by atoms with Crippen LogP contribution in [0.3, 0.4) is 0 Å². The van der Waals surface area contributed by atoms with Crippen LogP contribution >= 0.6 is 11.3 Å². The van der Waals surface area contributed by atoms with Crippen molar-refractivity contribution in [2.24, 2.45) is 0 Å². The normalized spacial score (nSPS) is 16.8. The van der Waals surface area contributed by atoms with E-state index in [9.17, 15) is 9.18 Å². The number of halogens is 1. The van der Waals surface area contributed by atoms with Gasteiger partial charge >= 0.3 is 4.87 Å². The average Bonchev–Trinajstić information content (AvgIpc) is 2.68. The lowest BCUT2D eigenvalue weighted by Crippen LogP contribution is -2.27. The van der Waals surface area contributed by atoms with Crippen LogP contribution in [0.4, 0.5) is 4.39 Å². The zero-order valence-electron chi connectivity index (χ0n) is 11.7. The van der Waals surface area contributed by atoms with E-state index < -0.39 is 0 Å². The number of aromatic amines is 1. The first-order valence-electron chi connectivity index (χ1n) is 7.13. The molecule has 1 saturated heterocycles. The molecule has 2 aromatic rings. The molecule has 2 N–H and O–H groups in total. The molecule has 3 rings (SSSR count). The summed E-state index contributed by atoms with van der Waals surface area (Å²) in [7, 11) is 0. The van der Waals surface area contributed by atoms with Crippen molar-refractivity contribution in [2.75, 3.05) is 26.2 Å². The van der Waals surface area contributed by atoms with Gasteiger partial charge in [0.15, 0.2) is 0 Å². The molecule has 1 fully saturated rings. The maximum Gasteiger partial charge on any atom is 0.305 e. The maximum absolute atomic E-state index is 13.0. The molecule has 1 aliphatic rings. The van der Waals surface area contributed by atoms with E-state index in [1.54, 1.807) is 12.1 Å². The van der Waals surface area contributed by atoms with E-state index in [1.807, 2.05) is 0 Å². The Morgan fingerprint density at radius 3 is 2.81 bits per heavy atom. The highest BCUT2D eigenvalue weighted by molar-refractivity contribution is 7.09. The summed E-state index contributed by atoms with van der Waals surface area (Å²) in [5.41, 5.74) is 1.68. The number of rotatable bonds is 3. The second-order valence-corrected chi connectivity index (χ2v) is 6.27. The molecule has 0 saturated carbocycles. The van der Waals surface area contributed by atoms with Crippen molar-refractivity contribution < 1.29 is 4.39 Å². The Morgan fingerprint density at radius 2 is 2.00 bits per heavy atom. The molecule has 1 aliphatic heterocycles. The number of nitrogens with one attached hydrogen (secondary N) is 2. The molecule has 112 valence electrons. The molecule has 1 aromatic carbocycles. The second-order valence-electron chi connectivity index (χ2n) is 5.20. The molecule has 0 aliphatic carbocycles. The summed E-state index contributed by atoms with van der Waals surface area (Å²) in [5.74, 6) is -0.267. The van der Waals surface area contributed by atoms with E-state index in [2.05, 4.69) is 15.2 Å². The fourth-order valence-corrected chi connectivity index (χ4v) is 3.48. The van der Waals surface area contributed by atoms with E-state index in [0.717, 1.165) is 55.3 Å². The van der Waals surface area contributed by atoms with Crippen molar-refractivity contribution in [1.82, 2.24) is 15.2 Å². The number of aromatic nitrogens is 1. The van der Waals surface area contributed by atoms with E-state index in [4.69, 9.17) is 0 Å². The Hall–Kier alpha value is -1.50. The quantitative estimate of drug-likeness (QED) is 0.912. The van der Waals surface area contributed by atoms with Crippen molar-refractivity contribution >= 4 is 11.3 Å². The first kappa shape index (κ1) is 14.4. The van der Waals surface area contributed by atoms with Crippen LogP contribution < -0.4 is 10.2 Å². The van der Waals surface area contributed by atoms with E-state index in [1.165, 1.54) is 23.5 Å². The topological polar surface area (TPSA) is 48.1 Å². The minimum absolute atomic E-state index is 0.0581. The fraction of sp³-hybridized carbons (Fsp3) is 0.400. The van der Waals surface area contributed by atoms with E-state index in [0.29, 0.717) is 0 Å². The summed E-state index contributed by atoms with van der Waals surface area (Å²) >= 11 is 1.25. The van der Waals surface area contributed by atoms with Crippen LogP contribution in [0.15, 0.2) is 29.1 Å². The van der Waals surface area contributed by atoms with Crippen LogP contribution in [0, 0.1) is 5.82 Å². The van der Waals surface area contributed by atoms with Crippen molar-refractivity contribution in [3.8, 4) is 11.3 Å². The van der Waals surface area contributed by atoms with Gasteiger partial charge in [0.05, 0.1) is 5.69 Å². The Labute approximate surface area is 126 Å². The SMILES string of the molecule is O=c1[nH]c(-c2ccc(F)cc2)c(CN2CCCNCC2)s1. The third-order valence-corrected chi connectivity index (χ3v) is 4.52. The third kappa shape index (κ3) is 3.58. The highest BCUT2D eigenvalue weighted by Crippen LogP contribution is 2.25. The number of H-pyrrole nitrogens is 1. The van der Waals surface area contributed by atoms with Crippen molar-refractivity contribution in [3.63, 3.8) is 0 Å². The summed E-state index contributed by atoms with van der Waals surface area (Å²) in [4.78, 5) is 17.9. The van der Waals surface area contributed by atoms with Crippen LogP contribution in [0.1, 0.15) is 11.3 Å². The predicted molar refractivity (Wildman–Crippen MR) is 83.1 cm³/mol. The Morgan fingerprint density at radius 1 is 1.19 bits per heavy atom. The molecule has 0 spiro atoms. The Balaban J connectivity index is 1.85. The molecule has 0 unspecified atom stereocenters. The van der Waals surface area contributed by atoms with Crippen LogP contribution in [-0.2, 0) is 6.54 Å². The maximum atomic E-state index is 13.0. The molecule has 0 amide bonds. The number of benzene rings is 1. The minimum Gasteiger partial charge on any atom is -0.315 e. The molecule has 1 aromatic heterocycles. The molecule has 0 atom stereocenters. The highest BCUT2D eigenvalue weighted by atomic mass is 32.1. The molecular formula is C15H18FN3OS. The van der Waals surface area contributed by atoms with Crippen LogP contribution in [0.2, 0.25) is 0 Å². The number of thiazole rings is 1. The largest absolute Gasteiger partial charge is 0.315 e. The number of hydrogen-bond acceptors (Lipinski definition) is 4. The standard InChI is InChI=1S/C15H18FN3OS/c16-12-4-2-11(3-5-12)14-13(21-15(20)18-14)10-19-8-1-6-17-7-9-19/h2-5,17H,1,6-10H2,(H,18,20). The lowest BCUT2D eigenvalue weighted by molar-refractivity contribution is 0.287. The smallest absolute Gasteiger partial charge is 0.305 e. The number of hydrogen-bond donors (Lipinski definition) is 2. The van der Waals surface area contributed by atoms with Gasteiger partial charge in [0, 0.05) is 24.5 Å². The van der Waals surface area contributed by atoms with Crippen molar-refractivity contribution in [3.05, 3.63) is 44.6 Å². The summed E-state index contributed by atoms with van der Waals surface area (Å²) < 4.78 is 13.0. The van der Waals surface area contributed by atoms with Gasteiger partial charge in [-0.15, -0.1) is 0 Å². The van der Waals surface area contributed by atoms with Gasteiger partial charge in [-0.2, -0.15) is 0 Å². The van der Waals surface area contributed by atoms with Gasteiger partial charge in [0.2, 0.25) is 0 Å². The van der Waals surface area contributed by atoms with Crippen molar-refractivity contribution in [2.45, 2.75) is 13.0 Å². The first-order valence-corrected chi connectivity index (χ1v) is 7.95. The molecule has 21 heavy (non-hydrogen) atoms. The summed E-state index contributed by atoms with van der Waals surface area (Å²) in [6.45, 7) is 4.80. The van der Waals surface area contributed by atoms with Gasteiger partial charge in [-0.1, -0.05) is 11.3 Å². The van der Waals surface area contributed by atoms with Gasteiger partial charge in [0.25, 0.3) is 0 Å². The molecule has 6 heteroatoms. The first-order chi connectivity index (χ1) is 10.2. The lowest BCUT2D eigenvalue weighted by atomic mass is 10.1. The van der Waals surface area contributed by atoms with Crippen LogP contribution in [-0.4, -0.2) is 36.1 Å². The lowest BCUT2D eigenvalue weighted by Gasteiger charge is -2.19. The summed E-state index contributed by atoms with van der Waals surface area (Å²) in [6, 6.07) is 6.26. The van der Waals surface area contributed by atoms with Crippen molar-refractivity contribution in [1.29, 1.82) is 0 Å². The van der Waals surface area contributed by atoms with Crippen LogP contribution in [0.25, 0.3) is 11.3 Å². The second kappa shape index (κ2) is 6.51. The van der Waals surface area contributed by atoms with Crippen LogP contribution in [0.5, 0.6) is 0 Å². The molecule has 4 nitrogen and oxygen atoms in total. The fourth-order valence-electron chi connectivity index (χ4n) is 2.58. The molecule has 2 heterocycles. The van der Waals surface area contributed by atoms with E-state index in [-0.39, 0.29) is 10.7 Å². The van der Waals surface area contributed by atoms with Gasteiger partial charge in [-0.25, -0.2) is 4.39 Å². The Kier molecular flexibility index (Phi) is 4.48.